The predicted molar refractivity (Wildman–Crippen MR) is 98.8 cm³/mol. The lowest BCUT2D eigenvalue weighted by Gasteiger charge is -2.09. The Labute approximate surface area is 156 Å². The number of nitrogens with zero attached hydrogens (tertiary/aromatic N) is 2. The number of hydrogen-bond donors (Lipinski definition) is 1. The van der Waals surface area contributed by atoms with Crippen LogP contribution in [0.25, 0.3) is 0 Å². The van der Waals surface area contributed by atoms with Crippen molar-refractivity contribution in [3.63, 3.8) is 0 Å². The van der Waals surface area contributed by atoms with Crippen LogP contribution in [0, 0.1) is 12.3 Å². The van der Waals surface area contributed by atoms with Gasteiger partial charge in [-0.3, -0.25) is 4.79 Å². The number of rotatable bonds is 8. The third-order valence-electron chi connectivity index (χ3n) is 3.99. The SMILES string of the molecule is C#CCCC1(CCNC(=O)c2ccc(S(=O)(=O)c3ccccc3)s2)N=N1. The van der Waals surface area contributed by atoms with E-state index in [2.05, 4.69) is 21.5 Å². The van der Waals surface area contributed by atoms with Crippen LogP contribution in [0.3, 0.4) is 0 Å². The molecule has 1 aromatic heterocycles. The Balaban J connectivity index is 1.59. The molecule has 0 saturated carbocycles. The quantitative estimate of drug-likeness (QED) is 0.705. The first-order valence-electron chi connectivity index (χ1n) is 8.03. The zero-order valence-electron chi connectivity index (χ0n) is 13.9. The number of terminal acetylenes is 1. The number of hydrogen-bond acceptors (Lipinski definition) is 6. The lowest BCUT2D eigenvalue weighted by molar-refractivity contribution is 0.0956. The molecule has 26 heavy (non-hydrogen) atoms. The average Bonchev–Trinajstić information content (AvgIpc) is 3.22. The molecule has 0 saturated heterocycles. The van der Waals surface area contributed by atoms with Gasteiger partial charge in [-0.2, -0.15) is 10.2 Å². The summed E-state index contributed by atoms with van der Waals surface area (Å²) in [5.74, 6) is 2.25. The molecule has 1 aliphatic heterocycles. The molecule has 1 aliphatic rings. The van der Waals surface area contributed by atoms with Gasteiger partial charge >= 0.3 is 0 Å². The van der Waals surface area contributed by atoms with Gasteiger partial charge in [0.2, 0.25) is 9.84 Å². The van der Waals surface area contributed by atoms with Gasteiger partial charge in [0.1, 0.15) is 4.21 Å². The molecule has 2 aromatic rings. The maximum absolute atomic E-state index is 12.6. The highest BCUT2D eigenvalue weighted by Crippen LogP contribution is 2.36. The lowest BCUT2D eigenvalue weighted by atomic mass is 10.0. The molecule has 3 rings (SSSR count). The van der Waals surface area contributed by atoms with Crippen LogP contribution in [0.4, 0.5) is 0 Å². The van der Waals surface area contributed by atoms with Crippen LogP contribution in [-0.4, -0.2) is 26.5 Å². The molecule has 0 aliphatic carbocycles. The van der Waals surface area contributed by atoms with E-state index in [1.165, 1.54) is 24.3 Å². The summed E-state index contributed by atoms with van der Waals surface area (Å²) >= 11 is 0.957. The Morgan fingerprint density at radius 2 is 1.88 bits per heavy atom. The van der Waals surface area contributed by atoms with Gasteiger partial charge in [0.15, 0.2) is 5.66 Å². The van der Waals surface area contributed by atoms with E-state index in [1.54, 1.807) is 18.2 Å². The van der Waals surface area contributed by atoms with Crippen LogP contribution in [0.15, 0.2) is 61.8 Å². The molecule has 0 bridgehead atoms. The zero-order valence-corrected chi connectivity index (χ0v) is 15.5. The average molecular weight is 387 g/mol. The maximum atomic E-state index is 12.6. The molecular weight excluding hydrogens is 370 g/mol. The van der Waals surface area contributed by atoms with Crippen molar-refractivity contribution in [2.45, 2.75) is 34.0 Å². The van der Waals surface area contributed by atoms with E-state index in [0.29, 0.717) is 30.7 Å². The van der Waals surface area contributed by atoms with E-state index in [1.807, 2.05) is 0 Å². The number of sulfone groups is 1. The third-order valence-corrected chi connectivity index (χ3v) is 7.33. The van der Waals surface area contributed by atoms with E-state index in [0.717, 1.165) is 11.3 Å². The molecule has 6 nitrogen and oxygen atoms in total. The molecule has 2 heterocycles. The minimum atomic E-state index is -3.61. The number of carbonyl (C=O) groups excluding carboxylic acids is 1. The standard InChI is InChI=1S/C18H17N3O3S2/c1-2-3-11-18(20-21-18)12-13-19-17(22)15-9-10-16(25-15)26(23,24)14-7-5-4-6-8-14/h1,4-10H,3,11-13H2,(H,19,22). The number of thiophene rings is 1. The van der Waals surface area contributed by atoms with Crippen LogP contribution in [-0.2, 0) is 9.84 Å². The van der Waals surface area contributed by atoms with E-state index < -0.39 is 15.5 Å². The fraction of sp³-hybridized carbons (Fsp3) is 0.278. The van der Waals surface area contributed by atoms with Gasteiger partial charge in [-0.1, -0.05) is 18.2 Å². The number of benzene rings is 1. The second-order valence-corrected chi connectivity index (χ2v) is 9.09. The zero-order chi connectivity index (χ0) is 18.6. The van der Waals surface area contributed by atoms with Gasteiger partial charge in [-0.05, 0) is 24.3 Å². The fourth-order valence-electron chi connectivity index (χ4n) is 2.43. The molecule has 0 unspecified atom stereocenters. The summed E-state index contributed by atoms with van der Waals surface area (Å²) in [7, 11) is -3.61. The summed E-state index contributed by atoms with van der Waals surface area (Å²) in [5, 5.41) is 10.8. The Kier molecular flexibility index (Phi) is 5.20. The van der Waals surface area contributed by atoms with E-state index >= 15 is 0 Å². The first-order valence-corrected chi connectivity index (χ1v) is 10.3. The molecular formula is C18H17N3O3S2. The summed E-state index contributed by atoms with van der Waals surface area (Å²) in [4.78, 5) is 12.8. The molecule has 0 radical (unpaired) electrons. The lowest BCUT2D eigenvalue weighted by Crippen LogP contribution is -2.27. The number of amides is 1. The highest BCUT2D eigenvalue weighted by Gasteiger charge is 2.38. The van der Waals surface area contributed by atoms with Crippen LogP contribution >= 0.6 is 11.3 Å². The highest BCUT2D eigenvalue weighted by molar-refractivity contribution is 7.93. The fourth-order valence-corrected chi connectivity index (χ4v) is 5.08. The van der Waals surface area contributed by atoms with Gasteiger partial charge < -0.3 is 5.32 Å². The van der Waals surface area contributed by atoms with Gasteiger partial charge in [-0.25, -0.2) is 8.42 Å². The predicted octanol–water partition coefficient (Wildman–Crippen LogP) is 3.28. The summed E-state index contributed by atoms with van der Waals surface area (Å²) < 4.78 is 25.3. The van der Waals surface area contributed by atoms with Gasteiger partial charge in [0.05, 0.1) is 9.77 Å². The Morgan fingerprint density at radius 3 is 2.54 bits per heavy atom. The maximum Gasteiger partial charge on any atom is 0.261 e. The first kappa shape index (κ1) is 18.3. The molecule has 8 heteroatoms. The van der Waals surface area contributed by atoms with Crippen LogP contribution < -0.4 is 5.32 Å². The normalized spacial score (nSPS) is 14.6. The number of carbonyl (C=O) groups is 1. The summed E-state index contributed by atoms with van der Waals surface area (Å²) in [6, 6.07) is 11.1. The van der Waals surface area contributed by atoms with E-state index in [9.17, 15) is 13.2 Å². The number of nitrogens with one attached hydrogen (secondary N) is 1. The monoisotopic (exact) mass is 387 g/mol. The third kappa shape index (κ3) is 4.00. The molecule has 1 N–H and O–H groups in total. The minimum Gasteiger partial charge on any atom is -0.351 e. The first-order chi connectivity index (χ1) is 12.5. The van der Waals surface area contributed by atoms with Crippen molar-refractivity contribution in [1.82, 2.24) is 5.32 Å². The minimum absolute atomic E-state index is 0.145. The molecule has 0 fully saturated rings. The van der Waals surface area contributed by atoms with Crippen molar-refractivity contribution < 1.29 is 13.2 Å². The molecule has 0 atom stereocenters. The molecule has 1 aromatic carbocycles. The van der Waals surface area contributed by atoms with Crippen molar-refractivity contribution in [1.29, 1.82) is 0 Å². The largest absolute Gasteiger partial charge is 0.351 e. The Morgan fingerprint density at radius 1 is 1.15 bits per heavy atom. The van der Waals surface area contributed by atoms with E-state index in [4.69, 9.17) is 6.42 Å². The molecule has 134 valence electrons. The van der Waals surface area contributed by atoms with Crippen LogP contribution in [0.5, 0.6) is 0 Å². The summed E-state index contributed by atoms with van der Waals surface area (Å²) in [5.41, 5.74) is -0.448. The van der Waals surface area contributed by atoms with Crippen molar-refractivity contribution in [3.05, 3.63) is 47.3 Å². The second kappa shape index (κ2) is 7.40. The van der Waals surface area contributed by atoms with Crippen molar-refractivity contribution >= 4 is 27.1 Å². The second-order valence-electron chi connectivity index (χ2n) is 5.83. The van der Waals surface area contributed by atoms with Crippen molar-refractivity contribution in [3.8, 4) is 12.3 Å². The van der Waals surface area contributed by atoms with Crippen LogP contribution in [0.2, 0.25) is 0 Å². The van der Waals surface area contributed by atoms with Gasteiger partial charge in [-0.15, -0.1) is 23.7 Å². The van der Waals surface area contributed by atoms with Crippen LogP contribution in [0.1, 0.15) is 28.9 Å². The topological polar surface area (TPSA) is 88.0 Å². The molecule has 1 amide bonds. The van der Waals surface area contributed by atoms with E-state index in [-0.39, 0.29) is 15.0 Å². The van der Waals surface area contributed by atoms with Gasteiger partial charge in [0.25, 0.3) is 5.91 Å². The summed E-state index contributed by atoms with van der Waals surface area (Å²) in [6.45, 7) is 0.398. The highest BCUT2D eigenvalue weighted by atomic mass is 32.2. The Hall–Kier alpha value is -2.50. The Bertz CT molecular complexity index is 967. The van der Waals surface area contributed by atoms with Gasteiger partial charge in [0, 0.05) is 25.8 Å². The smallest absolute Gasteiger partial charge is 0.261 e. The van der Waals surface area contributed by atoms with Crippen molar-refractivity contribution in [2.75, 3.05) is 6.54 Å². The molecule has 0 spiro atoms. The van der Waals surface area contributed by atoms with Crippen molar-refractivity contribution in [2.24, 2.45) is 10.2 Å². The summed E-state index contributed by atoms with van der Waals surface area (Å²) in [6.07, 6.45) is 7.10.